The molecule has 8 heteroatoms. The number of nitrogens with one attached hydrogen (secondary N) is 1. The van der Waals surface area contributed by atoms with Crippen molar-refractivity contribution >= 4 is 28.2 Å². The molecule has 26 heavy (non-hydrogen) atoms. The van der Waals surface area contributed by atoms with Gasteiger partial charge in [-0.2, -0.15) is 13.2 Å². The molecule has 3 rings (SSSR count). The molecule has 0 spiro atoms. The fourth-order valence-electron chi connectivity index (χ4n) is 2.54. The van der Waals surface area contributed by atoms with Gasteiger partial charge in [0.2, 0.25) is 0 Å². The molecule has 4 nitrogen and oxygen atoms in total. The Morgan fingerprint density at radius 2 is 1.85 bits per heavy atom. The van der Waals surface area contributed by atoms with E-state index < -0.39 is 17.7 Å². The maximum atomic E-state index is 12.8. The van der Waals surface area contributed by atoms with E-state index in [1.54, 1.807) is 30.3 Å². The zero-order valence-corrected chi connectivity index (χ0v) is 15.8. The zero-order valence-electron chi connectivity index (χ0n) is 14.8. The number of rotatable bonds is 4. The number of aliphatic carboxylic acids is 1. The van der Waals surface area contributed by atoms with E-state index in [0.29, 0.717) is 22.3 Å². The minimum absolute atomic E-state index is 0. The monoisotopic (exact) mass is 370 g/mol. The molecule has 0 saturated carbocycles. The largest absolute Gasteiger partial charge is 1.00 e. The maximum absolute atomic E-state index is 12.8. The molecule has 0 aliphatic heterocycles. The van der Waals surface area contributed by atoms with Gasteiger partial charge < -0.3 is 11.8 Å². The van der Waals surface area contributed by atoms with Crippen molar-refractivity contribution in [2.45, 2.75) is 12.6 Å². The summed E-state index contributed by atoms with van der Waals surface area (Å²) >= 11 is 0. The molecule has 1 aromatic heterocycles. The van der Waals surface area contributed by atoms with Crippen LogP contribution in [0.15, 0.2) is 54.7 Å². The summed E-state index contributed by atoms with van der Waals surface area (Å²) in [6.07, 6.45) is -3.19. The van der Waals surface area contributed by atoms with Crippen molar-refractivity contribution in [1.82, 2.24) is 4.98 Å². The van der Waals surface area contributed by atoms with Crippen molar-refractivity contribution < 1.29 is 54.1 Å². The second-order valence-corrected chi connectivity index (χ2v) is 5.44. The summed E-state index contributed by atoms with van der Waals surface area (Å²) in [5.41, 5.74) is 1.15. The van der Waals surface area contributed by atoms with Gasteiger partial charge in [0.25, 0.3) is 0 Å². The maximum Gasteiger partial charge on any atom is 1.00 e. The van der Waals surface area contributed by atoms with E-state index in [1.807, 2.05) is 0 Å². The van der Waals surface area contributed by atoms with Crippen molar-refractivity contribution in [3.63, 3.8) is 0 Å². The average molecular weight is 370 g/mol. The summed E-state index contributed by atoms with van der Waals surface area (Å²) in [6, 6.07) is 11.8. The molecule has 0 bridgehead atoms. The standard InChI is InChI=1S/C18H13F3N2O2.Na.H/c19-18(20,21)12-5-6-13-15(7-8-22-16(13)10-12)23-14-4-2-1-3-11(14)9-17(24)25;;/h1-8,10H,9H2,(H,22,23)(H,24,25);;/q;+1;-1. The topological polar surface area (TPSA) is 62.2 Å². The quantitative estimate of drug-likeness (QED) is 0.687. The van der Waals surface area contributed by atoms with E-state index in [1.165, 1.54) is 12.3 Å². The number of aromatic nitrogens is 1. The molecule has 0 atom stereocenters. The predicted octanol–water partition coefficient (Wildman–Crippen LogP) is 1.74. The first kappa shape index (κ1) is 20.2. The molecule has 0 saturated heterocycles. The van der Waals surface area contributed by atoms with Gasteiger partial charge in [0.05, 0.1) is 17.5 Å². The molecule has 0 radical (unpaired) electrons. The van der Waals surface area contributed by atoms with E-state index in [2.05, 4.69) is 10.3 Å². The van der Waals surface area contributed by atoms with E-state index in [9.17, 15) is 18.0 Å². The Balaban J connectivity index is 0.00000182. The molecule has 3 aromatic rings. The molecule has 130 valence electrons. The number of para-hydroxylation sites is 1. The summed E-state index contributed by atoms with van der Waals surface area (Å²) in [6.45, 7) is 0. The second-order valence-electron chi connectivity index (χ2n) is 5.44. The minimum Gasteiger partial charge on any atom is -1.00 e. The van der Waals surface area contributed by atoms with Gasteiger partial charge in [0, 0.05) is 23.0 Å². The third-order valence-electron chi connectivity index (χ3n) is 3.70. The van der Waals surface area contributed by atoms with Crippen molar-refractivity contribution in [2.75, 3.05) is 5.32 Å². The number of fused-ring (bicyclic) bond motifs is 1. The summed E-state index contributed by atoms with van der Waals surface area (Å²) < 4.78 is 38.5. The number of nitrogens with zero attached hydrogens (tertiary/aromatic N) is 1. The van der Waals surface area contributed by atoms with Crippen LogP contribution in [0.5, 0.6) is 0 Å². The predicted molar refractivity (Wildman–Crippen MR) is 88.9 cm³/mol. The van der Waals surface area contributed by atoms with Gasteiger partial charge in [0.15, 0.2) is 0 Å². The number of alkyl halides is 3. The number of pyridine rings is 1. The van der Waals surface area contributed by atoms with Gasteiger partial charge in [-0.1, -0.05) is 24.3 Å². The molecule has 2 aromatic carbocycles. The van der Waals surface area contributed by atoms with Crippen LogP contribution in [-0.2, 0) is 17.4 Å². The van der Waals surface area contributed by atoms with Crippen LogP contribution in [0.25, 0.3) is 10.9 Å². The van der Waals surface area contributed by atoms with Crippen molar-refractivity contribution in [1.29, 1.82) is 0 Å². The molecule has 0 fully saturated rings. The molecule has 1 heterocycles. The van der Waals surface area contributed by atoms with Crippen LogP contribution in [0.4, 0.5) is 24.5 Å². The molecule has 2 N–H and O–H groups in total. The number of carboxylic acid groups (broad SMARTS) is 1. The van der Waals surface area contributed by atoms with E-state index in [4.69, 9.17) is 5.11 Å². The van der Waals surface area contributed by atoms with Crippen molar-refractivity contribution in [2.24, 2.45) is 0 Å². The number of benzene rings is 2. The summed E-state index contributed by atoms with van der Waals surface area (Å²) in [5, 5.41) is 12.6. The molecule has 0 aliphatic rings. The summed E-state index contributed by atoms with van der Waals surface area (Å²) in [5.74, 6) is -0.969. The third-order valence-corrected chi connectivity index (χ3v) is 3.70. The average Bonchev–Trinajstić information content (AvgIpc) is 2.55. The molecule has 0 unspecified atom stereocenters. The first-order valence-electron chi connectivity index (χ1n) is 7.37. The Bertz CT molecular complexity index is 951. The van der Waals surface area contributed by atoms with Crippen LogP contribution in [0, 0.1) is 0 Å². The third kappa shape index (κ3) is 4.55. The Kier molecular flexibility index (Phi) is 6.28. The smallest absolute Gasteiger partial charge is 1.00 e. The Morgan fingerprint density at radius 1 is 1.12 bits per heavy atom. The first-order valence-corrected chi connectivity index (χ1v) is 7.37. The van der Waals surface area contributed by atoms with Gasteiger partial charge in [-0.15, -0.1) is 0 Å². The number of hydrogen-bond donors (Lipinski definition) is 2. The first-order chi connectivity index (χ1) is 11.8. The van der Waals surface area contributed by atoms with E-state index in [0.717, 1.165) is 12.1 Å². The normalized spacial score (nSPS) is 11.0. The van der Waals surface area contributed by atoms with E-state index >= 15 is 0 Å². The summed E-state index contributed by atoms with van der Waals surface area (Å²) in [4.78, 5) is 15.0. The number of carboxylic acids is 1. The Morgan fingerprint density at radius 3 is 2.54 bits per heavy atom. The number of halogens is 3. The number of anilines is 2. The van der Waals surface area contributed by atoms with Crippen molar-refractivity contribution in [3.8, 4) is 0 Å². The van der Waals surface area contributed by atoms with E-state index in [-0.39, 0.29) is 42.9 Å². The summed E-state index contributed by atoms with van der Waals surface area (Å²) in [7, 11) is 0. The van der Waals surface area contributed by atoms with Crippen LogP contribution in [-0.4, -0.2) is 16.1 Å². The molecular weight excluding hydrogens is 356 g/mol. The SMILES string of the molecule is O=C(O)Cc1ccccc1Nc1ccnc2cc(C(F)(F)F)ccc12.[H-].[Na+]. The van der Waals surface area contributed by atoms with Crippen LogP contribution in [0.1, 0.15) is 12.6 Å². The second kappa shape index (κ2) is 8.07. The van der Waals surface area contributed by atoms with Gasteiger partial charge >= 0.3 is 41.7 Å². The Labute approximate surface area is 170 Å². The van der Waals surface area contributed by atoms with Crippen molar-refractivity contribution in [3.05, 3.63) is 65.9 Å². The molecule has 0 aliphatic carbocycles. The number of hydrogen-bond acceptors (Lipinski definition) is 3. The van der Waals surface area contributed by atoms with Crippen LogP contribution in [0.2, 0.25) is 0 Å². The zero-order chi connectivity index (χ0) is 18.0. The fraction of sp³-hybridized carbons (Fsp3) is 0.111. The van der Waals surface area contributed by atoms with Gasteiger partial charge in [-0.25, -0.2) is 0 Å². The minimum atomic E-state index is -4.44. The van der Waals surface area contributed by atoms with Gasteiger partial charge in [-0.3, -0.25) is 9.78 Å². The Hall–Kier alpha value is -2.09. The van der Waals surface area contributed by atoms with Crippen LogP contribution >= 0.6 is 0 Å². The van der Waals surface area contributed by atoms with Gasteiger partial charge in [0.1, 0.15) is 0 Å². The van der Waals surface area contributed by atoms with Gasteiger partial charge in [-0.05, 0) is 29.8 Å². The number of carbonyl (C=O) groups is 1. The fourth-order valence-corrected chi connectivity index (χ4v) is 2.54. The molecule has 0 amide bonds. The molecular formula is C18H14F3N2NaO2. The van der Waals surface area contributed by atoms with Crippen LogP contribution < -0.4 is 34.9 Å². The van der Waals surface area contributed by atoms with Crippen LogP contribution in [0.3, 0.4) is 0 Å².